The van der Waals surface area contributed by atoms with Crippen molar-refractivity contribution >= 4 is 23.6 Å². The highest BCUT2D eigenvalue weighted by Gasteiger charge is 2.50. The second-order valence-corrected chi connectivity index (χ2v) is 9.97. The fourth-order valence-corrected chi connectivity index (χ4v) is 5.51. The number of fused-ring (bicyclic) bond motifs is 1. The second kappa shape index (κ2) is 8.53. The third-order valence-corrected chi connectivity index (χ3v) is 7.48. The summed E-state index contributed by atoms with van der Waals surface area (Å²) in [6, 6.07) is 5.56. The van der Waals surface area contributed by atoms with Crippen molar-refractivity contribution in [1.29, 1.82) is 0 Å². The monoisotopic (exact) mass is 453 g/mol. The van der Waals surface area contributed by atoms with Gasteiger partial charge in [-0.25, -0.2) is 0 Å². The molecule has 0 saturated carbocycles. The molecule has 3 fully saturated rings. The van der Waals surface area contributed by atoms with Gasteiger partial charge in [0.05, 0.1) is 5.41 Å². The summed E-state index contributed by atoms with van der Waals surface area (Å²) in [4.78, 5) is 53.0. The maximum absolute atomic E-state index is 13.0. The highest BCUT2D eigenvalue weighted by atomic mass is 16.2. The lowest BCUT2D eigenvalue weighted by molar-refractivity contribution is -0.163. The van der Waals surface area contributed by atoms with E-state index in [9.17, 15) is 19.2 Å². The number of amides is 4. The zero-order valence-electron chi connectivity index (χ0n) is 19.0. The first-order valence-electron chi connectivity index (χ1n) is 11.8. The van der Waals surface area contributed by atoms with E-state index >= 15 is 0 Å². The number of rotatable bonds is 6. The first kappa shape index (κ1) is 22.0. The minimum Gasteiger partial charge on any atom is -0.338 e. The predicted octanol–water partition coefficient (Wildman–Crippen LogP) is 0.138. The van der Waals surface area contributed by atoms with Gasteiger partial charge < -0.3 is 20.4 Å². The van der Waals surface area contributed by atoms with Crippen molar-refractivity contribution in [2.75, 3.05) is 26.2 Å². The quantitative estimate of drug-likeness (QED) is 0.417. The van der Waals surface area contributed by atoms with Crippen LogP contribution in [0.2, 0.25) is 0 Å². The summed E-state index contributed by atoms with van der Waals surface area (Å²) in [6.45, 7) is 6.29. The van der Waals surface area contributed by atoms with E-state index < -0.39 is 11.9 Å². The summed E-state index contributed by atoms with van der Waals surface area (Å²) in [7, 11) is 0. The van der Waals surface area contributed by atoms with E-state index in [1.165, 1.54) is 0 Å². The van der Waals surface area contributed by atoms with Crippen LogP contribution >= 0.6 is 0 Å². The van der Waals surface area contributed by atoms with Crippen LogP contribution in [0.5, 0.6) is 0 Å². The van der Waals surface area contributed by atoms with E-state index in [0.29, 0.717) is 37.7 Å². The Morgan fingerprint density at radius 1 is 1.09 bits per heavy atom. The topological polar surface area (TPSA) is 111 Å². The molecule has 4 aliphatic rings. The number of hydrogen-bond acceptors (Lipinski definition) is 6. The standard InChI is InChI=1S/C24H31N5O4/c1-24(14-29(23(24)33)17-6-8-25-9-7-17)13-26-11-15-2-3-16-12-28(22(32)18(16)10-15)19-4-5-20(30)27-21(19)31/h2-3,10,17,19,25-26H,4-9,11-14H2,1H3,(H,27,30,31). The van der Waals surface area contributed by atoms with Crippen LogP contribution in [0.1, 0.15) is 54.1 Å². The molecule has 4 aliphatic heterocycles. The highest BCUT2D eigenvalue weighted by molar-refractivity contribution is 6.05. The van der Waals surface area contributed by atoms with Gasteiger partial charge >= 0.3 is 0 Å². The minimum absolute atomic E-state index is 0.167. The van der Waals surface area contributed by atoms with Gasteiger partial charge in [0.15, 0.2) is 0 Å². The highest BCUT2D eigenvalue weighted by Crippen LogP contribution is 2.35. The molecule has 4 amide bonds. The van der Waals surface area contributed by atoms with Gasteiger partial charge in [-0.2, -0.15) is 0 Å². The number of piperidine rings is 2. The molecule has 4 heterocycles. The van der Waals surface area contributed by atoms with Crippen LogP contribution in [0.4, 0.5) is 0 Å². The van der Waals surface area contributed by atoms with Crippen LogP contribution in [0.15, 0.2) is 18.2 Å². The number of carbonyl (C=O) groups excluding carboxylic acids is 4. The molecule has 0 radical (unpaired) electrons. The Morgan fingerprint density at radius 3 is 2.61 bits per heavy atom. The predicted molar refractivity (Wildman–Crippen MR) is 120 cm³/mol. The van der Waals surface area contributed by atoms with Crippen LogP contribution < -0.4 is 16.0 Å². The van der Waals surface area contributed by atoms with E-state index in [-0.39, 0.29) is 29.6 Å². The second-order valence-electron chi connectivity index (χ2n) is 9.97. The molecule has 5 rings (SSSR count). The zero-order chi connectivity index (χ0) is 23.2. The molecular weight excluding hydrogens is 422 g/mol. The number of hydrogen-bond donors (Lipinski definition) is 3. The van der Waals surface area contributed by atoms with E-state index in [1.807, 2.05) is 30.0 Å². The molecule has 0 aliphatic carbocycles. The lowest BCUT2D eigenvalue weighted by Gasteiger charge is -2.51. The number of β-lactam (4-membered cyclic amide) rings is 1. The van der Waals surface area contributed by atoms with Crippen molar-refractivity contribution < 1.29 is 19.2 Å². The fourth-order valence-electron chi connectivity index (χ4n) is 5.51. The number of imide groups is 1. The van der Waals surface area contributed by atoms with Crippen molar-refractivity contribution in [2.24, 2.45) is 5.41 Å². The number of carbonyl (C=O) groups is 4. The smallest absolute Gasteiger partial charge is 0.255 e. The SMILES string of the molecule is CC1(CNCc2ccc3c(c2)C(=O)N(C2CCC(=O)NC2=O)C3)CN(C2CCNCC2)C1=O. The molecule has 33 heavy (non-hydrogen) atoms. The Kier molecular flexibility index (Phi) is 5.70. The largest absolute Gasteiger partial charge is 0.338 e. The molecule has 3 N–H and O–H groups in total. The maximum Gasteiger partial charge on any atom is 0.255 e. The van der Waals surface area contributed by atoms with Crippen LogP contribution in [0.3, 0.4) is 0 Å². The minimum atomic E-state index is -0.600. The molecule has 9 heteroatoms. The summed E-state index contributed by atoms with van der Waals surface area (Å²) >= 11 is 0. The summed E-state index contributed by atoms with van der Waals surface area (Å²) in [6.07, 6.45) is 2.65. The lowest BCUT2D eigenvalue weighted by atomic mass is 9.78. The van der Waals surface area contributed by atoms with Crippen molar-refractivity contribution in [3.05, 3.63) is 34.9 Å². The van der Waals surface area contributed by atoms with Crippen molar-refractivity contribution in [3.63, 3.8) is 0 Å². The summed E-state index contributed by atoms with van der Waals surface area (Å²) in [5, 5.41) is 9.08. The third-order valence-electron chi connectivity index (χ3n) is 7.48. The number of benzene rings is 1. The Balaban J connectivity index is 1.16. The molecule has 3 saturated heterocycles. The van der Waals surface area contributed by atoms with E-state index in [1.54, 1.807) is 4.90 Å². The number of nitrogens with one attached hydrogen (secondary N) is 3. The lowest BCUT2D eigenvalue weighted by Crippen LogP contribution is -2.67. The molecule has 1 aromatic rings. The maximum atomic E-state index is 13.0. The number of nitrogens with zero attached hydrogens (tertiary/aromatic N) is 2. The molecule has 9 nitrogen and oxygen atoms in total. The fraction of sp³-hybridized carbons (Fsp3) is 0.583. The Labute approximate surface area is 193 Å². The molecule has 0 bridgehead atoms. The van der Waals surface area contributed by atoms with Gasteiger partial charge in [0.1, 0.15) is 6.04 Å². The van der Waals surface area contributed by atoms with E-state index in [4.69, 9.17) is 0 Å². The van der Waals surface area contributed by atoms with Gasteiger partial charge in [-0.3, -0.25) is 24.5 Å². The van der Waals surface area contributed by atoms with Gasteiger partial charge in [-0.05, 0) is 56.5 Å². The van der Waals surface area contributed by atoms with Crippen LogP contribution in [0, 0.1) is 5.41 Å². The van der Waals surface area contributed by atoms with E-state index in [0.717, 1.165) is 43.6 Å². The molecule has 1 aromatic carbocycles. The average molecular weight is 454 g/mol. The zero-order valence-corrected chi connectivity index (χ0v) is 19.0. The molecule has 2 atom stereocenters. The molecule has 2 unspecified atom stereocenters. The van der Waals surface area contributed by atoms with Crippen LogP contribution in [-0.4, -0.2) is 71.7 Å². The van der Waals surface area contributed by atoms with Gasteiger partial charge in [0.25, 0.3) is 5.91 Å². The Morgan fingerprint density at radius 2 is 1.88 bits per heavy atom. The summed E-state index contributed by atoms with van der Waals surface area (Å²) < 4.78 is 0. The van der Waals surface area contributed by atoms with Gasteiger partial charge in [0.2, 0.25) is 17.7 Å². The Bertz CT molecular complexity index is 1000. The molecule has 0 aromatic heterocycles. The first-order chi connectivity index (χ1) is 15.9. The van der Waals surface area contributed by atoms with Crippen molar-refractivity contribution in [3.8, 4) is 0 Å². The average Bonchev–Trinajstić information content (AvgIpc) is 3.13. The van der Waals surface area contributed by atoms with E-state index in [2.05, 4.69) is 16.0 Å². The molecular formula is C24H31N5O4. The number of likely N-dealkylation sites (tertiary alicyclic amines) is 1. The molecule has 0 spiro atoms. The summed E-state index contributed by atoms with van der Waals surface area (Å²) in [5.74, 6) is -0.622. The molecule has 176 valence electrons. The van der Waals surface area contributed by atoms with Crippen LogP contribution in [-0.2, 0) is 27.5 Å². The third kappa shape index (κ3) is 4.04. The normalized spacial score (nSPS) is 28.1. The van der Waals surface area contributed by atoms with Gasteiger partial charge in [-0.15, -0.1) is 0 Å². The van der Waals surface area contributed by atoms with Crippen molar-refractivity contribution in [2.45, 2.75) is 57.8 Å². The van der Waals surface area contributed by atoms with Crippen LogP contribution in [0.25, 0.3) is 0 Å². The summed E-state index contributed by atoms with van der Waals surface area (Å²) in [5.41, 5.74) is 2.10. The van der Waals surface area contributed by atoms with Crippen molar-refractivity contribution in [1.82, 2.24) is 25.8 Å². The first-order valence-corrected chi connectivity index (χ1v) is 11.8. The Hall–Kier alpha value is -2.78. The van der Waals surface area contributed by atoms with Gasteiger partial charge in [0, 0.05) is 44.2 Å². The van der Waals surface area contributed by atoms with Gasteiger partial charge in [-0.1, -0.05) is 12.1 Å².